The van der Waals surface area contributed by atoms with Gasteiger partial charge in [0, 0.05) is 4.88 Å². The lowest BCUT2D eigenvalue weighted by atomic mass is 10.2. The highest BCUT2D eigenvalue weighted by Gasteiger charge is 2.20. The van der Waals surface area contributed by atoms with Gasteiger partial charge in [0.1, 0.15) is 11.0 Å². The van der Waals surface area contributed by atoms with Crippen molar-refractivity contribution in [2.45, 2.75) is 6.92 Å². The van der Waals surface area contributed by atoms with Crippen molar-refractivity contribution >= 4 is 51.7 Å². The fraction of sp³-hybridized carbons (Fsp3) is 0.118. The summed E-state index contributed by atoms with van der Waals surface area (Å²) in [5.41, 5.74) is 1.98. The van der Waals surface area contributed by atoms with Gasteiger partial charge in [-0.3, -0.25) is 4.79 Å². The molecular formula is C17H12N4O4S2. The molecule has 4 aromatic rings. The van der Waals surface area contributed by atoms with Crippen molar-refractivity contribution in [1.82, 2.24) is 13.7 Å². The number of esters is 1. The molecule has 1 amide bonds. The number of anilines is 1. The van der Waals surface area contributed by atoms with Crippen LogP contribution >= 0.6 is 23.1 Å². The van der Waals surface area contributed by atoms with Gasteiger partial charge in [-0.05, 0) is 31.2 Å². The summed E-state index contributed by atoms with van der Waals surface area (Å²) in [6.45, 7) is 1.33. The van der Waals surface area contributed by atoms with Gasteiger partial charge in [-0.2, -0.15) is 8.75 Å². The minimum atomic E-state index is -0.662. The van der Waals surface area contributed by atoms with Crippen LogP contribution in [0.2, 0.25) is 0 Å². The van der Waals surface area contributed by atoms with Crippen molar-refractivity contribution in [2.75, 3.05) is 11.9 Å². The molecule has 136 valence electrons. The first kappa shape index (κ1) is 17.3. The van der Waals surface area contributed by atoms with Crippen molar-refractivity contribution in [3.8, 4) is 10.8 Å². The number of furan rings is 1. The molecule has 1 N–H and O–H groups in total. The summed E-state index contributed by atoms with van der Waals surface area (Å²) in [4.78, 5) is 29.3. The van der Waals surface area contributed by atoms with Crippen LogP contribution in [0.5, 0.6) is 0 Å². The van der Waals surface area contributed by atoms with E-state index in [1.165, 1.54) is 17.6 Å². The third-order valence-electron chi connectivity index (χ3n) is 3.62. The van der Waals surface area contributed by atoms with Crippen LogP contribution in [-0.2, 0) is 9.53 Å². The smallest absolute Gasteiger partial charge is 0.358 e. The third-order valence-corrected chi connectivity index (χ3v) is 5.14. The van der Waals surface area contributed by atoms with Crippen LogP contribution in [0.4, 0.5) is 5.69 Å². The summed E-state index contributed by atoms with van der Waals surface area (Å²) in [7, 11) is 0. The van der Waals surface area contributed by atoms with Gasteiger partial charge in [-0.25, -0.2) is 9.78 Å². The maximum Gasteiger partial charge on any atom is 0.358 e. The fourth-order valence-corrected chi connectivity index (χ4v) is 3.80. The zero-order chi connectivity index (χ0) is 18.8. The zero-order valence-corrected chi connectivity index (χ0v) is 15.6. The molecule has 27 heavy (non-hydrogen) atoms. The number of hydrogen-bond donors (Lipinski definition) is 1. The number of aromatic nitrogens is 3. The van der Waals surface area contributed by atoms with Crippen LogP contribution in [0.1, 0.15) is 15.4 Å². The van der Waals surface area contributed by atoms with E-state index in [0.717, 1.165) is 11.7 Å². The average molecular weight is 400 g/mol. The first-order valence-corrected chi connectivity index (χ1v) is 9.36. The van der Waals surface area contributed by atoms with E-state index in [1.807, 2.05) is 0 Å². The van der Waals surface area contributed by atoms with E-state index >= 15 is 0 Å². The molecule has 3 aromatic heterocycles. The molecule has 0 radical (unpaired) electrons. The first-order chi connectivity index (χ1) is 13.1. The molecule has 0 saturated carbocycles. The van der Waals surface area contributed by atoms with Gasteiger partial charge < -0.3 is 14.5 Å². The van der Waals surface area contributed by atoms with Crippen molar-refractivity contribution < 1.29 is 18.7 Å². The van der Waals surface area contributed by atoms with Gasteiger partial charge in [-0.1, -0.05) is 6.07 Å². The number of fused-ring (bicyclic) bond motifs is 1. The molecule has 0 saturated heterocycles. The molecule has 0 aliphatic rings. The second-order valence-electron chi connectivity index (χ2n) is 5.46. The Labute approximate surface area is 161 Å². The molecule has 3 heterocycles. The third kappa shape index (κ3) is 3.57. The van der Waals surface area contributed by atoms with Crippen molar-refractivity contribution in [1.29, 1.82) is 0 Å². The number of rotatable bonds is 5. The van der Waals surface area contributed by atoms with Crippen LogP contribution in [-0.4, -0.2) is 32.2 Å². The van der Waals surface area contributed by atoms with Crippen LogP contribution in [0.15, 0.2) is 41.0 Å². The van der Waals surface area contributed by atoms with Gasteiger partial charge in [0.2, 0.25) is 0 Å². The molecule has 0 aliphatic heterocycles. The molecule has 0 fully saturated rings. The predicted octanol–water partition coefficient (Wildman–Crippen LogP) is 3.51. The normalized spacial score (nSPS) is 10.9. The Morgan fingerprint density at radius 2 is 2.11 bits per heavy atom. The minimum absolute atomic E-state index is 0.171. The highest BCUT2D eigenvalue weighted by Crippen LogP contribution is 2.28. The lowest BCUT2D eigenvalue weighted by Gasteiger charge is -2.06. The summed E-state index contributed by atoms with van der Waals surface area (Å²) >= 11 is 2.38. The fourth-order valence-electron chi connectivity index (χ4n) is 2.38. The number of carbonyl (C=O) groups is 2. The number of nitrogens with one attached hydrogen (secondary N) is 1. The standard InChI is InChI=1S/C17H12N4O4S2/c1-9-14(19-16(26-9)12-6-3-7-24-12)17(23)25-8-13(22)18-10-4-2-5-11-15(10)21-27-20-11/h2-7H,8H2,1H3,(H,18,22). The summed E-state index contributed by atoms with van der Waals surface area (Å²) < 4.78 is 18.6. The Balaban J connectivity index is 1.40. The topological polar surface area (TPSA) is 107 Å². The molecule has 8 nitrogen and oxygen atoms in total. The molecule has 1 aromatic carbocycles. The quantitative estimate of drug-likeness (QED) is 0.511. The average Bonchev–Trinajstić information content (AvgIpc) is 3.39. The lowest BCUT2D eigenvalue weighted by Crippen LogP contribution is -2.21. The Morgan fingerprint density at radius 3 is 2.93 bits per heavy atom. The monoisotopic (exact) mass is 400 g/mol. The highest BCUT2D eigenvalue weighted by molar-refractivity contribution is 7.15. The van der Waals surface area contributed by atoms with Crippen LogP contribution in [0.25, 0.3) is 21.8 Å². The molecule has 10 heteroatoms. The summed E-state index contributed by atoms with van der Waals surface area (Å²) in [6.07, 6.45) is 1.53. The zero-order valence-electron chi connectivity index (χ0n) is 14.0. The summed E-state index contributed by atoms with van der Waals surface area (Å²) in [5.74, 6) is -0.557. The number of amides is 1. The van der Waals surface area contributed by atoms with E-state index in [-0.39, 0.29) is 5.69 Å². The Kier molecular flexibility index (Phi) is 4.65. The summed E-state index contributed by atoms with van der Waals surface area (Å²) in [6, 6.07) is 8.78. The minimum Gasteiger partial charge on any atom is -0.462 e. The number of benzene rings is 1. The van der Waals surface area contributed by atoms with Crippen LogP contribution in [0.3, 0.4) is 0 Å². The van der Waals surface area contributed by atoms with E-state index in [0.29, 0.717) is 32.4 Å². The van der Waals surface area contributed by atoms with E-state index in [2.05, 4.69) is 19.0 Å². The maximum absolute atomic E-state index is 12.3. The van der Waals surface area contributed by atoms with E-state index in [4.69, 9.17) is 9.15 Å². The number of aryl methyl sites for hydroxylation is 1. The molecule has 0 spiro atoms. The number of carbonyl (C=O) groups excluding carboxylic acids is 2. The lowest BCUT2D eigenvalue weighted by molar-refractivity contribution is -0.119. The second-order valence-corrected chi connectivity index (χ2v) is 7.19. The van der Waals surface area contributed by atoms with Gasteiger partial charge >= 0.3 is 5.97 Å². The van der Waals surface area contributed by atoms with E-state index < -0.39 is 18.5 Å². The van der Waals surface area contributed by atoms with Gasteiger partial charge in [0.05, 0.1) is 23.7 Å². The largest absolute Gasteiger partial charge is 0.462 e. The number of hydrogen-bond acceptors (Lipinski definition) is 9. The molecule has 0 bridgehead atoms. The molecule has 4 rings (SSSR count). The van der Waals surface area contributed by atoms with Crippen molar-refractivity contribution in [2.24, 2.45) is 0 Å². The number of ether oxygens (including phenoxy) is 1. The Morgan fingerprint density at radius 1 is 1.22 bits per heavy atom. The molecular weight excluding hydrogens is 388 g/mol. The van der Waals surface area contributed by atoms with Crippen LogP contribution < -0.4 is 5.32 Å². The Bertz CT molecular complexity index is 1120. The number of thiazole rings is 1. The summed E-state index contributed by atoms with van der Waals surface area (Å²) in [5, 5.41) is 3.26. The van der Waals surface area contributed by atoms with Gasteiger partial charge in [0.15, 0.2) is 23.1 Å². The molecule has 0 unspecified atom stereocenters. The molecule has 0 aliphatic carbocycles. The van der Waals surface area contributed by atoms with Gasteiger partial charge in [0.25, 0.3) is 5.91 Å². The van der Waals surface area contributed by atoms with E-state index in [1.54, 1.807) is 37.3 Å². The van der Waals surface area contributed by atoms with Gasteiger partial charge in [-0.15, -0.1) is 11.3 Å². The highest BCUT2D eigenvalue weighted by atomic mass is 32.1. The SMILES string of the molecule is Cc1sc(-c2ccco2)nc1C(=O)OCC(=O)Nc1cccc2nsnc12. The Hall–Kier alpha value is -3.11. The van der Waals surface area contributed by atoms with Crippen LogP contribution in [0, 0.1) is 6.92 Å². The number of nitrogens with zero attached hydrogens (tertiary/aromatic N) is 3. The van der Waals surface area contributed by atoms with Crippen molar-refractivity contribution in [3.63, 3.8) is 0 Å². The first-order valence-electron chi connectivity index (χ1n) is 7.81. The van der Waals surface area contributed by atoms with Crippen molar-refractivity contribution in [3.05, 3.63) is 47.2 Å². The second kappa shape index (κ2) is 7.25. The van der Waals surface area contributed by atoms with E-state index in [9.17, 15) is 9.59 Å². The maximum atomic E-state index is 12.3. The predicted molar refractivity (Wildman–Crippen MR) is 101 cm³/mol. The molecule has 0 atom stereocenters.